The van der Waals surface area contributed by atoms with E-state index in [1.54, 1.807) is 56.6 Å². The molecule has 1 amide bonds. The van der Waals surface area contributed by atoms with Crippen LogP contribution < -0.4 is 17.2 Å². The van der Waals surface area contributed by atoms with Gasteiger partial charge in [0.1, 0.15) is 34.5 Å². The van der Waals surface area contributed by atoms with Gasteiger partial charge in [0.15, 0.2) is 10.3 Å². The Morgan fingerprint density at radius 3 is 1.46 bits per heavy atom. The van der Waals surface area contributed by atoms with Gasteiger partial charge in [-0.05, 0) is 146 Å². The summed E-state index contributed by atoms with van der Waals surface area (Å²) in [4.78, 5) is 29.1. The lowest BCUT2D eigenvalue weighted by Gasteiger charge is -2.03. The highest BCUT2D eigenvalue weighted by atomic mass is 32.2. The molecular formula is C71H113N14O4PS5. The number of anilines is 2. The van der Waals surface area contributed by atoms with Crippen LogP contribution in [0.25, 0.3) is 0 Å². The lowest BCUT2D eigenvalue weighted by atomic mass is 10.0. The fourth-order valence-corrected chi connectivity index (χ4v) is 11.3. The zero-order chi connectivity index (χ0) is 72.8. The summed E-state index contributed by atoms with van der Waals surface area (Å²) in [6, 6.07) is 32.5. The number of nitrogen functional groups attached to an aromatic ring is 2. The molecule has 0 unspecified atom stereocenters. The number of nitrogens with two attached hydrogens (primary N) is 3. The number of phenolic OH excluding ortho intramolecular Hbond substituents is 1. The summed E-state index contributed by atoms with van der Waals surface area (Å²) < 4.78 is 26.5. The Labute approximate surface area is 591 Å². The average Bonchev–Trinajstić information content (AvgIpc) is 2.13. The first-order chi connectivity index (χ1) is 44.4. The highest BCUT2D eigenvalue weighted by Gasteiger charge is 2.14. The maximum absolute atomic E-state index is 11.5. The van der Waals surface area contributed by atoms with E-state index in [-0.39, 0.29) is 17.7 Å². The standard InChI is InChI=1S/C9H12O.C9H12.C8H15N2OPS.C8H11NS.C7H10O.C7H10S.C6H10N2S.C5H9N3S.C4H8N4.C4H9NO.C4H7N/c1-7(2)8-3-5-9(10)6-4-8;1-8(2)9-6-4-3-5-7-9;1-6(2)8-9-7(13-10-8)5-12(3,4)11;1-7(2)10-8-3-5-9-6-4-8;2*1-6(2)7-4-3-5-8-7;1-4(2)5-3-9-6(7)8-5;1-3(2)4-7-5(6)9-8-4;1-4(2)8-3-5-6-7-8;1-3(2)4(5)6;1-4(2)3-5/h3-7,10H,1-2H3;3-8H,1-2H3;6H,5H2,1-4H3;3-7H,1-2H3;2*3-6H,1-2H3;3-4H,1-2H3,(H2,7,8);3H,1-2H3,(H2,6,7,8);3-4H,1-2H3;3H,1-2H3,(H2,5,6);4H,1-2H3. The second-order valence-corrected chi connectivity index (χ2v) is 33.7. The van der Waals surface area contributed by atoms with Crippen molar-refractivity contribution >= 4 is 80.8 Å². The minimum Gasteiger partial charge on any atom is -0.508 e. The molecule has 9 aromatic rings. The van der Waals surface area contributed by atoms with Gasteiger partial charge in [0.05, 0.1) is 31.3 Å². The Balaban J connectivity index is 0. The molecule has 2 aromatic carbocycles. The molecule has 0 atom stereocenters. The highest BCUT2D eigenvalue weighted by molar-refractivity contribution is 7.99. The number of nitriles is 1. The van der Waals surface area contributed by atoms with Crippen LogP contribution in [0.15, 0.2) is 136 Å². The van der Waals surface area contributed by atoms with Gasteiger partial charge < -0.3 is 31.3 Å². The number of amides is 1. The summed E-state index contributed by atoms with van der Waals surface area (Å²) in [5.74, 6) is 6.72. The maximum Gasteiger partial charge on any atom is 0.219 e. The molecule has 0 bridgehead atoms. The number of aromatic hydroxyl groups is 1. The number of primary amides is 1. The molecule has 7 aromatic heterocycles. The van der Waals surface area contributed by atoms with Gasteiger partial charge in [-0.25, -0.2) is 19.6 Å². The molecule has 24 heteroatoms. The third kappa shape index (κ3) is 48.6. The molecule has 0 aliphatic heterocycles. The molecule has 0 spiro atoms. The fourth-order valence-electron chi connectivity index (χ4n) is 5.97. The molecule has 7 heterocycles. The second kappa shape index (κ2) is 51.6. The normalized spacial score (nSPS) is 10.4. The van der Waals surface area contributed by atoms with Crippen molar-refractivity contribution in [1.29, 1.82) is 5.26 Å². The zero-order valence-electron chi connectivity index (χ0n) is 61.0. The van der Waals surface area contributed by atoms with E-state index in [1.165, 1.54) is 55.3 Å². The maximum atomic E-state index is 11.5. The van der Waals surface area contributed by atoms with Crippen LogP contribution in [0.2, 0.25) is 0 Å². The number of tetrazole rings is 1. The van der Waals surface area contributed by atoms with E-state index in [0.717, 1.165) is 28.1 Å². The topological polar surface area (TPSA) is 290 Å². The number of rotatable bonds is 13. The van der Waals surface area contributed by atoms with Crippen molar-refractivity contribution < 1.29 is 18.9 Å². The first-order valence-corrected chi connectivity index (χ1v) is 38.9. The lowest BCUT2D eigenvalue weighted by molar-refractivity contribution is -0.120. The number of carbonyl (C=O) groups is 1. The van der Waals surface area contributed by atoms with Gasteiger partial charge >= 0.3 is 0 Å². The van der Waals surface area contributed by atoms with Crippen molar-refractivity contribution in [2.45, 2.75) is 216 Å². The summed E-state index contributed by atoms with van der Waals surface area (Å²) in [5, 5.41) is 34.4. The Morgan fingerprint density at radius 2 is 1.18 bits per heavy atom. The highest BCUT2D eigenvalue weighted by Crippen LogP contribution is 2.41. The Bertz CT molecular complexity index is 3180. The summed E-state index contributed by atoms with van der Waals surface area (Å²) in [7, 11) is -2.00. The Morgan fingerprint density at radius 1 is 0.642 bits per heavy atom. The van der Waals surface area contributed by atoms with Crippen LogP contribution in [0.1, 0.15) is 244 Å². The first kappa shape index (κ1) is 90.4. The molecule has 0 saturated carbocycles. The quantitative estimate of drug-likeness (QED) is 0.0616. The van der Waals surface area contributed by atoms with Crippen LogP contribution in [-0.4, -0.2) is 78.5 Å². The number of thioether (sulfide) groups is 1. The number of hydrogen-bond donors (Lipinski definition) is 4. The zero-order valence-corrected chi connectivity index (χ0v) is 66.0. The van der Waals surface area contributed by atoms with Crippen molar-refractivity contribution in [1.82, 2.24) is 48.9 Å². The van der Waals surface area contributed by atoms with Crippen molar-refractivity contribution in [3.05, 3.63) is 171 Å². The summed E-state index contributed by atoms with van der Waals surface area (Å²) >= 11 is 7.81. The third-order valence-electron chi connectivity index (χ3n) is 11.6. The molecule has 9 rings (SSSR count). The van der Waals surface area contributed by atoms with Crippen molar-refractivity contribution in [3.8, 4) is 11.8 Å². The van der Waals surface area contributed by atoms with Gasteiger partial charge in [-0.3, -0.25) is 9.78 Å². The third-order valence-corrected chi connectivity index (χ3v) is 17.1. The van der Waals surface area contributed by atoms with Gasteiger partial charge in [-0.15, -0.1) is 39.5 Å². The van der Waals surface area contributed by atoms with Crippen molar-refractivity contribution in [2.24, 2.45) is 17.6 Å². The van der Waals surface area contributed by atoms with Crippen LogP contribution in [0.5, 0.6) is 5.75 Å². The predicted octanol–water partition coefficient (Wildman–Crippen LogP) is 20.6. The van der Waals surface area contributed by atoms with E-state index < -0.39 is 7.14 Å². The number of hydrogen-bond acceptors (Lipinski definition) is 21. The van der Waals surface area contributed by atoms with Crippen molar-refractivity contribution in [2.75, 3.05) is 24.8 Å². The van der Waals surface area contributed by atoms with E-state index in [1.807, 2.05) is 131 Å². The number of pyridine rings is 1. The number of furan rings is 1. The minimum absolute atomic E-state index is 0.00926. The molecule has 0 aliphatic carbocycles. The number of thiophene rings is 1. The average molecular weight is 1420 g/mol. The molecule has 0 saturated heterocycles. The van der Waals surface area contributed by atoms with E-state index in [0.29, 0.717) is 74.9 Å². The second-order valence-electron chi connectivity index (χ2n) is 25.1. The largest absolute Gasteiger partial charge is 0.508 e. The summed E-state index contributed by atoms with van der Waals surface area (Å²) in [5.41, 5.74) is 19.4. The fraction of sp³-hybridized carbons (Fsp3) is 0.507. The predicted molar refractivity (Wildman–Crippen MR) is 408 cm³/mol. The van der Waals surface area contributed by atoms with Crippen LogP contribution in [0.3, 0.4) is 0 Å². The van der Waals surface area contributed by atoms with Gasteiger partial charge in [0.2, 0.25) is 5.91 Å². The molecule has 0 aliphatic rings. The lowest BCUT2D eigenvalue weighted by Crippen LogP contribution is -2.17. The smallest absolute Gasteiger partial charge is 0.219 e. The molecule has 0 radical (unpaired) electrons. The van der Waals surface area contributed by atoms with Crippen LogP contribution in [0.4, 0.5) is 10.3 Å². The van der Waals surface area contributed by atoms with E-state index >= 15 is 0 Å². The van der Waals surface area contributed by atoms with Gasteiger partial charge in [0, 0.05) is 80.0 Å². The number of benzene rings is 2. The van der Waals surface area contributed by atoms with Gasteiger partial charge in [-0.2, -0.15) is 14.0 Å². The van der Waals surface area contributed by atoms with Gasteiger partial charge in [-0.1, -0.05) is 173 Å². The molecule has 95 heavy (non-hydrogen) atoms. The SMILES string of the molecule is CC(C)C#N.CC(C)C(N)=O.CC(C)Sc1ccncc1.CC(C)c1ccc(O)cc1.CC(C)c1ccccc1.CC(C)c1ccco1.CC(C)c1cccs1.CC(C)c1csc(N)n1.CC(C)c1nsc(CP(C)(C)=O)n1.CC(C)c1nsc(N)n1.CC(C)n1cnnn1. The van der Waals surface area contributed by atoms with Crippen LogP contribution >= 0.6 is 64.6 Å². The summed E-state index contributed by atoms with van der Waals surface area (Å²) in [6.45, 7) is 49.0. The van der Waals surface area contributed by atoms with Crippen molar-refractivity contribution in [3.63, 3.8) is 0 Å². The van der Waals surface area contributed by atoms with Crippen LogP contribution in [0, 0.1) is 23.2 Å². The van der Waals surface area contributed by atoms with E-state index in [9.17, 15) is 9.36 Å². The van der Waals surface area contributed by atoms with Crippen LogP contribution in [-0.2, 0) is 15.5 Å². The minimum atomic E-state index is -2.00. The molecule has 18 nitrogen and oxygen atoms in total. The number of nitrogens with zero attached hydrogens (tertiary/aromatic N) is 11. The number of thiazole rings is 1. The molecule has 526 valence electrons. The number of carbonyl (C=O) groups excluding carboxylic acids is 1. The monoisotopic (exact) mass is 1420 g/mol. The Hall–Kier alpha value is -6.67. The van der Waals surface area contributed by atoms with E-state index in [4.69, 9.17) is 32.0 Å². The van der Waals surface area contributed by atoms with E-state index in [2.05, 4.69) is 183 Å². The summed E-state index contributed by atoms with van der Waals surface area (Å²) in [6.07, 6.45) is 7.53. The Kier molecular flexibility index (Phi) is 49.1. The first-order valence-electron chi connectivity index (χ1n) is 32.0. The number of aromatic nitrogens is 10. The molecule has 7 N–H and O–H groups in total. The molecular weight excluding hydrogens is 1300 g/mol. The van der Waals surface area contributed by atoms with Gasteiger partial charge in [0.25, 0.3) is 0 Å². The molecule has 0 fully saturated rings. The number of phenols is 1.